The maximum absolute atomic E-state index is 13.2. The average Bonchev–Trinajstić information content (AvgIpc) is 3.62. The molecule has 4 N–H and O–H groups in total. The largest absolute Gasteiger partial charge is 0.366 e. The Labute approximate surface area is 254 Å². The highest BCUT2D eigenvalue weighted by molar-refractivity contribution is 7.17. The summed E-state index contributed by atoms with van der Waals surface area (Å²) in [6.07, 6.45) is 2.96. The van der Waals surface area contributed by atoms with Gasteiger partial charge in [0.1, 0.15) is 5.82 Å². The average molecular weight is 599 g/mol. The van der Waals surface area contributed by atoms with Gasteiger partial charge in [-0.25, -0.2) is 4.39 Å². The third-order valence-corrected chi connectivity index (χ3v) is 8.70. The molecule has 0 fully saturated rings. The van der Waals surface area contributed by atoms with Crippen molar-refractivity contribution in [3.63, 3.8) is 0 Å². The van der Waals surface area contributed by atoms with Crippen molar-refractivity contribution in [3.05, 3.63) is 111 Å². The summed E-state index contributed by atoms with van der Waals surface area (Å²) in [7, 11) is 0. The first-order valence-electron chi connectivity index (χ1n) is 14.5. The highest BCUT2D eigenvalue weighted by atomic mass is 32.1. The maximum atomic E-state index is 13.2. The first-order chi connectivity index (χ1) is 20.6. The summed E-state index contributed by atoms with van der Waals surface area (Å²) in [6, 6.07) is 18.1. The minimum Gasteiger partial charge on any atom is -0.366 e. The summed E-state index contributed by atoms with van der Waals surface area (Å²) < 4.78 is 12.1. The predicted molar refractivity (Wildman–Crippen MR) is 167 cm³/mol. The number of rotatable bonds is 6. The fourth-order valence-electron chi connectivity index (χ4n) is 5.61. The molecule has 7 nitrogen and oxygen atoms in total. The summed E-state index contributed by atoms with van der Waals surface area (Å²) in [4.78, 5) is 44.6. The van der Waals surface area contributed by atoms with Crippen molar-refractivity contribution in [3.8, 4) is 10.4 Å². The second-order valence-corrected chi connectivity index (χ2v) is 12.4. The zero-order chi connectivity index (χ0) is 30.7. The summed E-state index contributed by atoms with van der Waals surface area (Å²) in [5.41, 5.74) is 11.8. The highest BCUT2D eigenvalue weighted by Gasteiger charge is 2.31. The molecule has 1 aliphatic carbocycles. The molecule has 222 valence electrons. The monoisotopic (exact) mass is 598 g/mol. The topological polar surface area (TPSA) is 114 Å². The van der Waals surface area contributed by atoms with Crippen molar-refractivity contribution in [2.45, 2.75) is 52.5 Å². The van der Waals surface area contributed by atoms with Crippen LogP contribution in [0.15, 0.2) is 60.7 Å². The molecular formula is C34H35FN4O3S. The smallest absolute Gasteiger partial charge is 0.261 e. The zero-order valence-corrected chi connectivity index (χ0v) is 25.3. The van der Waals surface area contributed by atoms with Gasteiger partial charge < -0.3 is 16.4 Å². The minimum atomic E-state index is -0.619. The first kappa shape index (κ1) is 30.1. The van der Waals surface area contributed by atoms with Crippen LogP contribution in [0.25, 0.3) is 10.4 Å². The van der Waals surface area contributed by atoms with Crippen molar-refractivity contribution >= 4 is 29.1 Å². The molecule has 0 saturated carbocycles. The number of thiophene rings is 1. The van der Waals surface area contributed by atoms with Gasteiger partial charge in [0, 0.05) is 23.4 Å². The van der Waals surface area contributed by atoms with Crippen molar-refractivity contribution in [2.24, 2.45) is 11.7 Å². The van der Waals surface area contributed by atoms with Gasteiger partial charge in [0.25, 0.3) is 17.7 Å². The van der Waals surface area contributed by atoms with E-state index in [2.05, 4.69) is 22.8 Å². The number of amides is 3. The number of aromatic nitrogens is 1. The number of hydrogen-bond acceptors (Lipinski definition) is 5. The van der Waals surface area contributed by atoms with Crippen LogP contribution in [-0.4, -0.2) is 29.3 Å². The van der Waals surface area contributed by atoms with E-state index in [1.807, 2.05) is 32.9 Å². The second-order valence-electron chi connectivity index (χ2n) is 11.3. The number of nitrogens with zero attached hydrogens (tertiary/aromatic N) is 1. The molecule has 4 aromatic rings. The Bertz CT molecular complexity index is 1660. The molecule has 0 radical (unpaired) electrons. The Morgan fingerprint density at radius 1 is 1.07 bits per heavy atom. The predicted octanol–water partition coefficient (Wildman–Crippen LogP) is 5.94. The Kier molecular flexibility index (Phi) is 9.01. The number of hydrogen-bond donors (Lipinski definition) is 3. The Morgan fingerprint density at radius 3 is 2.51 bits per heavy atom. The lowest BCUT2D eigenvalue weighted by Gasteiger charge is -2.23. The molecule has 0 saturated heterocycles. The van der Waals surface area contributed by atoms with E-state index in [0.717, 1.165) is 24.0 Å². The third kappa shape index (κ3) is 6.67. The number of fused-ring (bicyclic) bond motifs is 2. The lowest BCUT2D eigenvalue weighted by molar-refractivity contribution is 0.0934. The van der Waals surface area contributed by atoms with Crippen molar-refractivity contribution < 1.29 is 18.8 Å². The number of aryl methyl sites for hydroxylation is 2. The first-order valence-corrected chi connectivity index (χ1v) is 15.3. The Morgan fingerprint density at radius 2 is 1.81 bits per heavy atom. The van der Waals surface area contributed by atoms with E-state index in [9.17, 15) is 18.8 Å². The molecule has 2 aliphatic rings. The van der Waals surface area contributed by atoms with Gasteiger partial charge in [0.05, 0.1) is 33.4 Å². The van der Waals surface area contributed by atoms with Crippen LogP contribution in [-0.2, 0) is 19.3 Å². The number of nitrogens with two attached hydrogens (primary N) is 1. The summed E-state index contributed by atoms with van der Waals surface area (Å²) >= 11 is 1.27. The standard InChI is InChI=1S/C27H28N4O3S.C7H7F/c1-14(2)13-19-22(25(28)32)24(23-18(30-19)11-12-29-27(23)34)20-9-10-21(35-20)26(33)31-17-8-7-15-5-3-4-6-16(15)17;1-6-2-4-7(8)5-3-6/h3-6,9-10,14,17H,7-8,11-13H2,1-2H3,(H2,28,32)(H,29,34)(H,31,33);2-5H,1H3. The van der Waals surface area contributed by atoms with E-state index in [1.165, 1.54) is 29.0 Å². The van der Waals surface area contributed by atoms with Crippen LogP contribution in [0.3, 0.4) is 0 Å². The van der Waals surface area contributed by atoms with Crippen LogP contribution in [0.2, 0.25) is 0 Å². The van der Waals surface area contributed by atoms with Gasteiger partial charge in [0.2, 0.25) is 0 Å². The quantitative estimate of drug-likeness (QED) is 0.255. The van der Waals surface area contributed by atoms with E-state index in [0.29, 0.717) is 51.7 Å². The number of carbonyl (C=O) groups is 3. The van der Waals surface area contributed by atoms with E-state index in [-0.39, 0.29) is 35.2 Å². The van der Waals surface area contributed by atoms with Crippen LogP contribution in [0.4, 0.5) is 4.39 Å². The molecule has 43 heavy (non-hydrogen) atoms. The number of pyridine rings is 1. The number of nitrogens with one attached hydrogen (secondary N) is 2. The number of halogens is 1. The summed E-state index contributed by atoms with van der Waals surface area (Å²) in [5.74, 6) is -0.975. The molecule has 1 atom stereocenters. The van der Waals surface area contributed by atoms with Gasteiger partial charge in [-0.05, 0) is 67.5 Å². The molecule has 2 aromatic carbocycles. The fourth-order valence-corrected chi connectivity index (χ4v) is 6.57. The van der Waals surface area contributed by atoms with Crippen LogP contribution >= 0.6 is 11.3 Å². The van der Waals surface area contributed by atoms with E-state index < -0.39 is 5.91 Å². The van der Waals surface area contributed by atoms with Crippen molar-refractivity contribution in [2.75, 3.05) is 6.54 Å². The lowest BCUT2D eigenvalue weighted by atomic mass is 9.90. The molecule has 0 spiro atoms. The summed E-state index contributed by atoms with van der Waals surface area (Å²) in [6.45, 7) is 6.52. The fraction of sp³-hybridized carbons (Fsp3) is 0.294. The van der Waals surface area contributed by atoms with Crippen molar-refractivity contribution in [1.29, 1.82) is 0 Å². The van der Waals surface area contributed by atoms with Gasteiger partial charge in [-0.3, -0.25) is 19.4 Å². The highest BCUT2D eigenvalue weighted by Crippen LogP contribution is 2.38. The SMILES string of the molecule is CC(C)Cc1nc2c(c(-c3ccc(C(=O)NC4CCc5ccccc54)s3)c1C(N)=O)C(=O)NCC2.Cc1ccc(F)cc1. The van der Waals surface area contributed by atoms with Crippen LogP contribution < -0.4 is 16.4 Å². The van der Waals surface area contributed by atoms with E-state index >= 15 is 0 Å². The van der Waals surface area contributed by atoms with E-state index in [4.69, 9.17) is 10.7 Å². The number of primary amides is 1. The number of carbonyl (C=O) groups excluding carboxylic acids is 3. The Hall–Kier alpha value is -4.37. The van der Waals surface area contributed by atoms with Gasteiger partial charge in [-0.15, -0.1) is 11.3 Å². The van der Waals surface area contributed by atoms with Gasteiger partial charge in [-0.2, -0.15) is 0 Å². The molecule has 6 rings (SSSR count). The molecular weight excluding hydrogens is 563 g/mol. The molecule has 0 bridgehead atoms. The van der Waals surface area contributed by atoms with Gasteiger partial charge in [-0.1, -0.05) is 55.8 Å². The molecule has 2 aromatic heterocycles. The second kappa shape index (κ2) is 12.9. The minimum absolute atomic E-state index is 0.0254. The normalized spacial score (nSPS) is 15.2. The zero-order valence-electron chi connectivity index (χ0n) is 24.5. The van der Waals surface area contributed by atoms with Crippen LogP contribution in [0.1, 0.15) is 84.8 Å². The number of benzene rings is 2. The van der Waals surface area contributed by atoms with Gasteiger partial charge >= 0.3 is 0 Å². The molecule has 3 heterocycles. The Balaban J connectivity index is 0.000000400. The van der Waals surface area contributed by atoms with Crippen LogP contribution in [0.5, 0.6) is 0 Å². The van der Waals surface area contributed by atoms with Crippen molar-refractivity contribution in [1.82, 2.24) is 15.6 Å². The third-order valence-electron chi connectivity index (χ3n) is 7.59. The van der Waals surface area contributed by atoms with Crippen LogP contribution in [0, 0.1) is 18.7 Å². The molecule has 1 unspecified atom stereocenters. The molecule has 1 aliphatic heterocycles. The lowest BCUT2D eigenvalue weighted by Crippen LogP contribution is -2.34. The summed E-state index contributed by atoms with van der Waals surface area (Å²) in [5, 5.41) is 6.01. The van der Waals surface area contributed by atoms with Gasteiger partial charge in [0.15, 0.2) is 0 Å². The van der Waals surface area contributed by atoms with E-state index in [1.54, 1.807) is 24.3 Å². The molecule has 3 amide bonds. The maximum Gasteiger partial charge on any atom is 0.261 e. The molecule has 9 heteroatoms.